The van der Waals surface area contributed by atoms with Crippen LogP contribution < -0.4 is 18.9 Å². The first kappa shape index (κ1) is 22.6. The molecule has 2 atom stereocenters. The molecule has 10 nitrogen and oxygen atoms in total. The number of ether oxygens (including phenoxy) is 5. The molecule has 2 unspecified atom stereocenters. The minimum atomic E-state index is -1.37. The summed E-state index contributed by atoms with van der Waals surface area (Å²) >= 11 is 0. The Morgan fingerprint density at radius 3 is 1.72 bits per heavy atom. The van der Waals surface area contributed by atoms with E-state index in [0.29, 0.717) is 5.56 Å². The summed E-state index contributed by atoms with van der Waals surface area (Å²) in [5.74, 6) is -3.77. The summed E-state index contributed by atoms with van der Waals surface area (Å²) < 4.78 is 25.8. The molecule has 0 saturated carbocycles. The van der Waals surface area contributed by atoms with Gasteiger partial charge in [0.25, 0.3) is 0 Å². The number of phenolic OH excluding ortho intramolecular Hbond substituents is 2. The van der Waals surface area contributed by atoms with E-state index in [1.165, 1.54) is 58.8 Å². The SMILES string of the molecule is COc1cc(/C=C2/C(=O)OC(c3cc(OC)c(O)c(OC)c3)C2C(=O)O)cc(OC)c1O. The molecule has 1 aliphatic rings. The molecule has 3 rings (SSSR count). The Bertz CT molecular complexity index is 1040. The zero-order valence-electron chi connectivity index (χ0n) is 17.7. The van der Waals surface area contributed by atoms with Crippen molar-refractivity contribution in [2.24, 2.45) is 5.92 Å². The van der Waals surface area contributed by atoms with Gasteiger partial charge in [-0.15, -0.1) is 0 Å². The first-order valence-corrected chi connectivity index (χ1v) is 9.30. The van der Waals surface area contributed by atoms with Crippen molar-refractivity contribution in [3.63, 3.8) is 0 Å². The number of carboxylic acid groups (broad SMARTS) is 1. The van der Waals surface area contributed by atoms with Crippen molar-refractivity contribution in [3.05, 3.63) is 41.0 Å². The van der Waals surface area contributed by atoms with E-state index in [2.05, 4.69) is 0 Å². The molecule has 3 N–H and O–H groups in total. The Morgan fingerprint density at radius 2 is 1.31 bits per heavy atom. The van der Waals surface area contributed by atoms with Gasteiger partial charge < -0.3 is 39.0 Å². The standard InChI is InChI=1S/C22H22O10/c1-28-13-6-10(7-14(29-2)18(13)23)5-12-17(21(25)26)20(32-22(12)27)11-8-15(30-3)19(24)16(9-11)31-4/h5-9,17,20,23-24H,1-4H3,(H,25,26)/b12-5+. The average Bonchev–Trinajstić information content (AvgIpc) is 3.11. The molecule has 10 heteroatoms. The minimum Gasteiger partial charge on any atom is -0.502 e. The molecule has 0 aliphatic carbocycles. The molecule has 0 bridgehead atoms. The van der Waals surface area contributed by atoms with Gasteiger partial charge in [0.05, 0.1) is 34.0 Å². The highest BCUT2D eigenvalue weighted by atomic mass is 16.6. The third-order valence-corrected chi connectivity index (χ3v) is 5.03. The third-order valence-electron chi connectivity index (χ3n) is 5.03. The van der Waals surface area contributed by atoms with Crippen LogP contribution in [0.3, 0.4) is 0 Å². The highest BCUT2D eigenvalue weighted by Crippen LogP contribution is 2.46. The van der Waals surface area contributed by atoms with Crippen LogP contribution >= 0.6 is 0 Å². The van der Waals surface area contributed by atoms with Crippen LogP contribution in [-0.4, -0.2) is 55.7 Å². The smallest absolute Gasteiger partial charge is 0.335 e. The van der Waals surface area contributed by atoms with Crippen LogP contribution in [0.4, 0.5) is 0 Å². The van der Waals surface area contributed by atoms with Crippen molar-refractivity contribution < 1.29 is 48.6 Å². The first-order valence-electron chi connectivity index (χ1n) is 9.30. The number of carbonyl (C=O) groups is 2. The Kier molecular flexibility index (Phi) is 6.33. The number of phenols is 2. The van der Waals surface area contributed by atoms with E-state index >= 15 is 0 Å². The first-order chi connectivity index (χ1) is 15.2. The summed E-state index contributed by atoms with van der Waals surface area (Å²) in [4.78, 5) is 24.8. The van der Waals surface area contributed by atoms with Crippen LogP contribution in [-0.2, 0) is 14.3 Å². The summed E-state index contributed by atoms with van der Waals surface area (Å²) in [5, 5.41) is 30.1. The van der Waals surface area contributed by atoms with Crippen LogP contribution in [0.15, 0.2) is 29.8 Å². The fraction of sp³-hybridized carbons (Fsp3) is 0.273. The predicted octanol–water partition coefficient (Wildman–Crippen LogP) is 2.51. The van der Waals surface area contributed by atoms with E-state index in [1.807, 2.05) is 0 Å². The lowest BCUT2D eigenvalue weighted by molar-refractivity contribution is -0.144. The zero-order valence-corrected chi connectivity index (χ0v) is 17.7. The molecule has 0 spiro atoms. The number of aromatic hydroxyl groups is 2. The molecule has 0 aromatic heterocycles. The lowest BCUT2D eigenvalue weighted by Crippen LogP contribution is -2.19. The maximum Gasteiger partial charge on any atom is 0.335 e. The van der Waals surface area contributed by atoms with Gasteiger partial charge in [0.2, 0.25) is 11.5 Å². The van der Waals surface area contributed by atoms with Gasteiger partial charge >= 0.3 is 11.9 Å². The second-order valence-electron chi connectivity index (χ2n) is 6.79. The quantitative estimate of drug-likeness (QED) is 0.429. The normalized spacial score (nSPS) is 18.9. The maximum atomic E-state index is 12.7. The van der Waals surface area contributed by atoms with Gasteiger partial charge in [0.1, 0.15) is 12.0 Å². The van der Waals surface area contributed by atoms with Crippen molar-refractivity contribution in [3.8, 4) is 34.5 Å². The largest absolute Gasteiger partial charge is 0.502 e. The Labute approximate surface area is 183 Å². The summed E-state index contributed by atoms with van der Waals surface area (Å²) in [7, 11) is 5.34. The Balaban J connectivity index is 2.11. The van der Waals surface area contributed by atoms with Crippen LogP contribution in [0.1, 0.15) is 17.2 Å². The van der Waals surface area contributed by atoms with Gasteiger partial charge in [-0.25, -0.2) is 4.79 Å². The predicted molar refractivity (Wildman–Crippen MR) is 110 cm³/mol. The summed E-state index contributed by atoms with van der Waals surface area (Å²) in [6.45, 7) is 0. The van der Waals surface area contributed by atoms with Gasteiger partial charge in [0, 0.05) is 5.56 Å². The number of benzene rings is 2. The van der Waals surface area contributed by atoms with Crippen LogP contribution in [0, 0.1) is 5.92 Å². The number of carboxylic acids is 1. The zero-order chi connectivity index (χ0) is 23.6. The van der Waals surface area contributed by atoms with Gasteiger partial charge in [-0.05, 0) is 35.9 Å². The molecule has 1 aliphatic heterocycles. The fourth-order valence-electron chi connectivity index (χ4n) is 3.47. The molecular formula is C22H22O10. The monoisotopic (exact) mass is 446 g/mol. The number of methoxy groups -OCH3 is 4. The van der Waals surface area contributed by atoms with Crippen molar-refractivity contribution in [2.75, 3.05) is 28.4 Å². The van der Waals surface area contributed by atoms with Gasteiger partial charge in [-0.2, -0.15) is 0 Å². The van der Waals surface area contributed by atoms with E-state index in [9.17, 15) is 24.9 Å². The molecule has 0 amide bonds. The second kappa shape index (κ2) is 8.96. The number of hydrogen-bond acceptors (Lipinski definition) is 9. The van der Waals surface area contributed by atoms with Crippen molar-refractivity contribution >= 4 is 18.0 Å². The number of rotatable bonds is 7. The Hall–Kier alpha value is -4.08. The molecule has 1 saturated heterocycles. The molecule has 2 aromatic rings. The molecule has 0 radical (unpaired) electrons. The minimum absolute atomic E-state index is 0.0324. The van der Waals surface area contributed by atoms with Gasteiger partial charge in [0.15, 0.2) is 23.0 Å². The highest BCUT2D eigenvalue weighted by molar-refractivity contribution is 6.02. The van der Waals surface area contributed by atoms with E-state index in [0.717, 1.165) is 0 Å². The topological polar surface area (TPSA) is 141 Å². The number of aliphatic carboxylic acids is 1. The van der Waals surface area contributed by atoms with Crippen LogP contribution in [0.2, 0.25) is 0 Å². The number of esters is 1. The fourth-order valence-corrected chi connectivity index (χ4v) is 3.47. The lowest BCUT2D eigenvalue weighted by Gasteiger charge is -2.17. The highest BCUT2D eigenvalue weighted by Gasteiger charge is 2.46. The summed E-state index contributed by atoms with van der Waals surface area (Å²) in [5.41, 5.74) is 0.501. The van der Waals surface area contributed by atoms with E-state index in [4.69, 9.17) is 23.7 Å². The van der Waals surface area contributed by atoms with Gasteiger partial charge in [-0.1, -0.05) is 0 Å². The van der Waals surface area contributed by atoms with Crippen molar-refractivity contribution in [1.29, 1.82) is 0 Å². The van der Waals surface area contributed by atoms with Crippen molar-refractivity contribution in [2.45, 2.75) is 6.10 Å². The average molecular weight is 446 g/mol. The van der Waals surface area contributed by atoms with Crippen LogP contribution in [0.5, 0.6) is 34.5 Å². The molecule has 2 aromatic carbocycles. The number of hydrogen-bond donors (Lipinski definition) is 3. The Morgan fingerprint density at radius 1 is 0.875 bits per heavy atom. The van der Waals surface area contributed by atoms with Crippen molar-refractivity contribution in [1.82, 2.24) is 0 Å². The number of cyclic esters (lactones) is 1. The molecule has 1 heterocycles. The van der Waals surface area contributed by atoms with Gasteiger partial charge in [-0.3, -0.25) is 4.79 Å². The lowest BCUT2D eigenvalue weighted by atomic mass is 9.90. The molecule has 32 heavy (non-hydrogen) atoms. The second-order valence-corrected chi connectivity index (χ2v) is 6.79. The third kappa shape index (κ3) is 3.94. The van der Waals surface area contributed by atoms with E-state index in [-0.39, 0.29) is 45.6 Å². The number of carbonyl (C=O) groups excluding carboxylic acids is 1. The maximum absolute atomic E-state index is 12.7. The summed E-state index contributed by atoms with van der Waals surface area (Å²) in [6.07, 6.45) is 0.135. The van der Waals surface area contributed by atoms with E-state index < -0.39 is 24.0 Å². The van der Waals surface area contributed by atoms with Crippen LogP contribution in [0.25, 0.3) is 6.08 Å². The summed E-state index contributed by atoms with van der Waals surface area (Å²) in [6, 6.07) is 5.61. The molecule has 1 fully saturated rings. The molecule has 170 valence electrons. The van der Waals surface area contributed by atoms with E-state index in [1.54, 1.807) is 0 Å². The molecular weight excluding hydrogens is 424 g/mol.